The van der Waals surface area contributed by atoms with Gasteiger partial charge in [-0.3, -0.25) is 4.79 Å². The molecule has 0 radical (unpaired) electrons. The number of amides is 1. The normalized spacial score (nSPS) is 14.8. The van der Waals surface area contributed by atoms with Gasteiger partial charge in [-0.2, -0.15) is 12.6 Å². The van der Waals surface area contributed by atoms with E-state index in [0.29, 0.717) is 0 Å². The standard InChI is InChI=1S/C9H14N2OS2/c1-3-7(9-10-4-5-14-9)11-8(12)6(2)13/h4-7,13H,3H2,1-2H3,(H,11,12). The lowest BCUT2D eigenvalue weighted by molar-refractivity contribution is -0.121. The summed E-state index contributed by atoms with van der Waals surface area (Å²) >= 11 is 5.63. The molecule has 78 valence electrons. The van der Waals surface area contributed by atoms with Crippen LogP contribution in [0.4, 0.5) is 0 Å². The molecule has 0 saturated heterocycles. The van der Waals surface area contributed by atoms with Crippen molar-refractivity contribution in [3.05, 3.63) is 16.6 Å². The van der Waals surface area contributed by atoms with E-state index >= 15 is 0 Å². The zero-order chi connectivity index (χ0) is 10.6. The van der Waals surface area contributed by atoms with Crippen molar-refractivity contribution in [2.24, 2.45) is 0 Å². The van der Waals surface area contributed by atoms with Crippen molar-refractivity contribution in [2.75, 3.05) is 0 Å². The summed E-state index contributed by atoms with van der Waals surface area (Å²) < 4.78 is 0. The minimum Gasteiger partial charge on any atom is -0.346 e. The van der Waals surface area contributed by atoms with Gasteiger partial charge in [0, 0.05) is 11.6 Å². The van der Waals surface area contributed by atoms with E-state index in [0.717, 1.165) is 11.4 Å². The number of rotatable bonds is 4. The predicted molar refractivity (Wildman–Crippen MR) is 61.7 cm³/mol. The molecule has 1 heterocycles. The summed E-state index contributed by atoms with van der Waals surface area (Å²) in [6.45, 7) is 3.78. The summed E-state index contributed by atoms with van der Waals surface area (Å²) in [6, 6.07) is 0.0251. The lowest BCUT2D eigenvalue weighted by Gasteiger charge is -2.15. The largest absolute Gasteiger partial charge is 0.346 e. The van der Waals surface area contributed by atoms with Crippen LogP contribution < -0.4 is 5.32 Å². The van der Waals surface area contributed by atoms with Crippen LogP contribution >= 0.6 is 24.0 Å². The van der Waals surface area contributed by atoms with Crippen molar-refractivity contribution in [3.63, 3.8) is 0 Å². The van der Waals surface area contributed by atoms with Crippen LogP contribution in [0.1, 0.15) is 31.3 Å². The molecule has 0 bridgehead atoms. The molecule has 2 atom stereocenters. The third-order valence-electron chi connectivity index (χ3n) is 1.85. The molecule has 3 nitrogen and oxygen atoms in total. The van der Waals surface area contributed by atoms with Crippen LogP contribution in [-0.4, -0.2) is 16.1 Å². The SMILES string of the molecule is CCC(NC(=O)C(C)S)c1nccs1. The van der Waals surface area contributed by atoms with Gasteiger partial charge in [-0.15, -0.1) is 11.3 Å². The Morgan fingerprint density at radius 2 is 2.50 bits per heavy atom. The molecule has 1 amide bonds. The molecule has 0 fully saturated rings. The summed E-state index contributed by atoms with van der Waals surface area (Å²) in [6.07, 6.45) is 2.60. The second-order valence-corrected chi connectivity index (χ2v) is 4.72. The number of nitrogens with one attached hydrogen (secondary N) is 1. The van der Waals surface area contributed by atoms with Crippen LogP contribution in [0.2, 0.25) is 0 Å². The lowest BCUT2D eigenvalue weighted by Crippen LogP contribution is -2.33. The predicted octanol–water partition coefficient (Wildman–Crippen LogP) is 2.03. The smallest absolute Gasteiger partial charge is 0.233 e. The lowest BCUT2D eigenvalue weighted by atomic mass is 10.2. The molecule has 0 aromatic carbocycles. The second kappa shape index (κ2) is 5.36. The molecule has 0 aliphatic carbocycles. The van der Waals surface area contributed by atoms with Crippen LogP contribution in [0.3, 0.4) is 0 Å². The Bertz CT molecular complexity index is 285. The maximum Gasteiger partial charge on any atom is 0.233 e. The molecule has 2 unspecified atom stereocenters. The summed E-state index contributed by atoms with van der Waals surface area (Å²) in [7, 11) is 0. The number of carbonyl (C=O) groups is 1. The van der Waals surface area contributed by atoms with Gasteiger partial charge in [0.2, 0.25) is 5.91 Å². The number of nitrogens with zero attached hydrogens (tertiary/aromatic N) is 1. The van der Waals surface area contributed by atoms with Gasteiger partial charge in [-0.25, -0.2) is 4.98 Å². The zero-order valence-corrected chi connectivity index (χ0v) is 9.94. The van der Waals surface area contributed by atoms with Crippen LogP contribution in [0, 0.1) is 0 Å². The van der Waals surface area contributed by atoms with Crippen molar-refractivity contribution in [1.29, 1.82) is 0 Å². The molecule has 0 saturated carbocycles. The van der Waals surface area contributed by atoms with E-state index in [1.54, 1.807) is 24.5 Å². The number of aromatic nitrogens is 1. The Morgan fingerprint density at radius 3 is 2.93 bits per heavy atom. The molecule has 14 heavy (non-hydrogen) atoms. The molecule has 1 N–H and O–H groups in total. The molecule has 0 aliphatic rings. The van der Waals surface area contributed by atoms with Gasteiger partial charge in [0.1, 0.15) is 5.01 Å². The highest BCUT2D eigenvalue weighted by Gasteiger charge is 2.16. The number of carbonyl (C=O) groups excluding carboxylic acids is 1. The molecule has 1 aromatic heterocycles. The molecule has 1 rings (SSSR count). The first-order valence-corrected chi connectivity index (χ1v) is 5.92. The topological polar surface area (TPSA) is 42.0 Å². The van der Waals surface area contributed by atoms with Crippen LogP contribution in [0.5, 0.6) is 0 Å². The fraction of sp³-hybridized carbons (Fsp3) is 0.556. The Balaban J connectivity index is 2.61. The maximum absolute atomic E-state index is 11.4. The first-order valence-electron chi connectivity index (χ1n) is 4.53. The Morgan fingerprint density at radius 1 is 1.79 bits per heavy atom. The summed E-state index contributed by atoms with van der Waals surface area (Å²) in [4.78, 5) is 15.6. The summed E-state index contributed by atoms with van der Waals surface area (Å²) in [5.41, 5.74) is 0. The fourth-order valence-corrected chi connectivity index (χ4v) is 1.88. The highest BCUT2D eigenvalue weighted by atomic mass is 32.1. The summed E-state index contributed by atoms with van der Waals surface area (Å²) in [5.74, 6) is -0.0459. The molecule has 0 spiro atoms. The van der Waals surface area contributed by atoms with E-state index in [2.05, 4.69) is 22.9 Å². The Kier molecular flexibility index (Phi) is 4.41. The van der Waals surface area contributed by atoms with Crippen LogP contribution in [-0.2, 0) is 4.79 Å². The number of thiol groups is 1. The van der Waals surface area contributed by atoms with Crippen molar-refractivity contribution in [1.82, 2.24) is 10.3 Å². The van der Waals surface area contributed by atoms with Gasteiger partial charge >= 0.3 is 0 Å². The van der Waals surface area contributed by atoms with Crippen LogP contribution in [0.25, 0.3) is 0 Å². The van der Waals surface area contributed by atoms with E-state index in [9.17, 15) is 4.79 Å². The van der Waals surface area contributed by atoms with Gasteiger partial charge in [0.15, 0.2) is 0 Å². The first kappa shape index (κ1) is 11.5. The van der Waals surface area contributed by atoms with Crippen molar-refractivity contribution >= 4 is 29.9 Å². The molecule has 1 aromatic rings. The number of hydrogen-bond donors (Lipinski definition) is 2. The van der Waals surface area contributed by atoms with E-state index in [1.165, 1.54) is 0 Å². The highest BCUT2D eigenvalue weighted by Crippen LogP contribution is 2.18. The first-order chi connectivity index (χ1) is 6.65. The van der Waals surface area contributed by atoms with Gasteiger partial charge < -0.3 is 5.32 Å². The second-order valence-electron chi connectivity index (χ2n) is 3.02. The van der Waals surface area contributed by atoms with Gasteiger partial charge in [0.05, 0.1) is 11.3 Å². The number of hydrogen-bond acceptors (Lipinski definition) is 4. The van der Waals surface area contributed by atoms with Crippen molar-refractivity contribution < 1.29 is 4.79 Å². The minimum atomic E-state index is -0.274. The third-order valence-corrected chi connectivity index (χ3v) is 2.98. The quantitative estimate of drug-likeness (QED) is 0.777. The molecule has 5 heteroatoms. The van der Waals surface area contributed by atoms with Crippen molar-refractivity contribution in [2.45, 2.75) is 31.6 Å². The minimum absolute atomic E-state index is 0.0251. The van der Waals surface area contributed by atoms with Crippen LogP contribution in [0.15, 0.2) is 11.6 Å². The van der Waals surface area contributed by atoms with Gasteiger partial charge in [0.25, 0.3) is 0 Å². The average Bonchev–Trinajstić information content (AvgIpc) is 2.66. The van der Waals surface area contributed by atoms with E-state index in [1.807, 2.05) is 12.3 Å². The van der Waals surface area contributed by atoms with Gasteiger partial charge in [-0.05, 0) is 13.3 Å². The Labute approximate surface area is 93.3 Å². The molecular weight excluding hydrogens is 216 g/mol. The monoisotopic (exact) mass is 230 g/mol. The average molecular weight is 230 g/mol. The third kappa shape index (κ3) is 2.99. The number of thiazole rings is 1. The fourth-order valence-electron chi connectivity index (χ4n) is 1.04. The highest BCUT2D eigenvalue weighted by molar-refractivity contribution is 7.81. The van der Waals surface area contributed by atoms with Gasteiger partial charge in [-0.1, -0.05) is 6.92 Å². The van der Waals surface area contributed by atoms with E-state index < -0.39 is 0 Å². The molecule has 0 aliphatic heterocycles. The molecular formula is C9H14N2OS2. The van der Waals surface area contributed by atoms with E-state index in [4.69, 9.17) is 0 Å². The summed E-state index contributed by atoms with van der Waals surface area (Å²) in [5, 5.41) is 5.49. The maximum atomic E-state index is 11.4. The van der Waals surface area contributed by atoms with Crippen molar-refractivity contribution in [3.8, 4) is 0 Å². The zero-order valence-electron chi connectivity index (χ0n) is 8.23. The Hall–Kier alpha value is -0.550. The van der Waals surface area contributed by atoms with E-state index in [-0.39, 0.29) is 17.2 Å².